The van der Waals surface area contributed by atoms with E-state index in [0.29, 0.717) is 36.7 Å². The summed E-state index contributed by atoms with van der Waals surface area (Å²) >= 11 is 0. The number of allylic oxidation sites excluding steroid dienone is 1. The van der Waals surface area contributed by atoms with Crippen molar-refractivity contribution in [3.05, 3.63) is 96.6 Å². The minimum absolute atomic E-state index is 0.0627. The van der Waals surface area contributed by atoms with Gasteiger partial charge in [-0.2, -0.15) is 0 Å². The van der Waals surface area contributed by atoms with Crippen molar-refractivity contribution in [2.45, 2.75) is 69.3 Å². The van der Waals surface area contributed by atoms with E-state index in [1.807, 2.05) is 48.5 Å². The second-order valence-electron chi connectivity index (χ2n) is 14.1. The zero-order valence-corrected chi connectivity index (χ0v) is 32.1. The van der Waals surface area contributed by atoms with Crippen LogP contribution in [0.15, 0.2) is 90.6 Å². The number of unbranched alkanes of at least 4 members (excludes halogenated alkanes) is 2. The highest BCUT2D eigenvalue weighted by Gasteiger charge is 2.65. The monoisotopic (exact) mass is 762 g/mol. The van der Waals surface area contributed by atoms with Crippen LogP contribution in [0.3, 0.4) is 0 Å². The molecular weight excluding hydrogens is 704 g/mol. The molecule has 0 aromatic heterocycles. The molecule has 0 radical (unpaired) electrons. The lowest BCUT2D eigenvalue weighted by Crippen LogP contribution is -2.70. The molecule has 6 atom stereocenters. The van der Waals surface area contributed by atoms with Gasteiger partial charge in [0.2, 0.25) is 5.79 Å². The van der Waals surface area contributed by atoms with Gasteiger partial charge < -0.3 is 43.8 Å². The summed E-state index contributed by atoms with van der Waals surface area (Å²) in [5.74, 6) is -0.679. The molecule has 55 heavy (non-hydrogen) atoms. The Bertz CT molecular complexity index is 1600. The maximum Gasteiger partial charge on any atom is 0.410 e. The summed E-state index contributed by atoms with van der Waals surface area (Å²) < 4.78 is 31.3. The summed E-state index contributed by atoms with van der Waals surface area (Å²) in [6.45, 7) is 8.92. The number of methoxy groups -OCH3 is 1. The number of hydrogen-bond donors (Lipinski definition) is 3. The van der Waals surface area contributed by atoms with E-state index >= 15 is 0 Å². The third-order valence-corrected chi connectivity index (χ3v) is 10.8. The van der Waals surface area contributed by atoms with Crippen LogP contribution in [0.2, 0.25) is 0 Å². The molecule has 3 N–H and O–H groups in total. The first kappa shape index (κ1) is 42.0. The van der Waals surface area contributed by atoms with Gasteiger partial charge >= 0.3 is 6.09 Å². The van der Waals surface area contributed by atoms with Crippen LogP contribution in [-0.4, -0.2) is 104 Å². The molecule has 300 valence electrons. The first-order valence-corrected chi connectivity index (χ1v) is 19.5. The lowest BCUT2D eigenvalue weighted by Gasteiger charge is -2.59. The molecule has 1 aliphatic heterocycles. The van der Waals surface area contributed by atoms with E-state index in [1.165, 1.54) is 7.11 Å². The number of nitrogens with zero attached hydrogens (tertiary/aromatic N) is 2. The van der Waals surface area contributed by atoms with Crippen LogP contribution >= 0.6 is 0 Å². The van der Waals surface area contributed by atoms with Gasteiger partial charge in [0.25, 0.3) is 0 Å². The number of benzene rings is 2. The molecule has 2 aromatic rings. The summed E-state index contributed by atoms with van der Waals surface area (Å²) in [5, 5.41) is 33.9. The van der Waals surface area contributed by atoms with Gasteiger partial charge in [0.15, 0.2) is 0 Å². The van der Waals surface area contributed by atoms with E-state index in [9.17, 15) is 20.1 Å². The second kappa shape index (κ2) is 21.2. The van der Waals surface area contributed by atoms with Crippen LogP contribution in [0.25, 0.3) is 0 Å². The van der Waals surface area contributed by atoms with Crippen LogP contribution in [0.5, 0.6) is 11.5 Å². The SMILES string of the molecule is C=CCOc1ccc2c(c1)C1C(CCCCO)C(CCCCO)C=C3C(=NOCc4ccccc4)CC(N(CCOCCO)C(=O)OC)C(OCC=C)(O2)C31. The van der Waals surface area contributed by atoms with E-state index in [1.54, 1.807) is 17.1 Å². The van der Waals surface area contributed by atoms with Gasteiger partial charge in [-0.15, -0.1) is 6.58 Å². The highest BCUT2D eigenvalue weighted by Crippen LogP contribution is 2.62. The minimum atomic E-state index is -1.43. The molecule has 1 amide bonds. The molecule has 12 heteroatoms. The van der Waals surface area contributed by atoms with Gasteiger partial charge in [-0.25, -0.2) is 4.79 Å². The number of aliphatic hydroxyl groups excluding tert-OH is 3. The third-order valence-electron chi connectivity index (χ3n) is 10.8. The number of hydrogen-bond acceptors (Lipinski definition) is 11. The van der Waals surface area contributed by atoms with Gasteiger partial charge in [-0.3, -0.25) is 4.90 Å². The van der Waals surface area contributed by atoms with Crippen molar-refractivity contribution >= 4 is 11.8 Å². The van der Waals surface area contributed by atoms with Gasteiger partial charge in [-0.05, 0) is 66.9 Å². The molecule has 0 spiro atoms. The largest absolute Gasteiger partial charge is 0.490 e. The predicted octanol–water partition coefficient (Wildman–Crippen LogP) is 6.16. The van der Waals surface area contributed by atoms with Crippen molar-refractivity contribution in [2.24, 2.45) is 22.9 Å². The first-order chi connectivity index (χ1) is 27.0. The lowest BCUT2D eigenvalue weighted by molar-refractivity contribution is -0.256. The van der Waals surface area contributed by atoms with Crippen molar-refractivity contribution in [3.63, 3.8) is 0 Å². The van der Waals surface area contributed by atoms with Gasteiger partial charge in [0, 0.05) is 37.7 Å². The zero-order valence-electron chi connectivity index (χ0n) is 32.1. The van der Waals surface area contributed by atoms with Crippen LogP contribution < -0.4 is 9.47 Å². The van der Waals surface area contributed by atoms with Crippen molar-refractivity contribution in [1.82, 2.24) is 4.90 Å². The average Bonchev–Trinajstić information content (AvgIpc) is 3.21. The Hall–Kier alpha value is -4.20. The molecule has 1 saturated carbocycles. The van der Waals surface area contributed by atoms with Crippen molar-refractivity contribution in [3.8, 4) is 11.5 Å². The summed E-state index contributed by atoms with van der Waals surface area (Å²) in [5.41, 5.74) is 3.52. The van der Waals surface area contributed by atoms with Crippen LogP contribution in [-0.2, 0) is 25.7 Å². The summed E-state index contributed by atoms with van der Waals surface area (Å²) in [4.78, 5) is 21.6. The number of carbonyl (C=O) groups is 1. The number of aliphatic hydroxyl groups is 3. The topological polar surface area (TPSA) is 149 Å². The van der Waals surface area contributed by atoms with Crippen LogP contribution in [0, 0.1) is 17.8 Å². The van der Waals surface area contributed by atoms with E-state index in [0.717, 1.165) is 42.4 Å². The fraction of sp³-hybridized carbons (Fsp3) is 0.535. The Balaban J connectivity index is 1.75. The van der Waals surface area contributed by atoms with Crippen molar-refractivity contribution < 1.29 is 48.6 Å². The number of fused-ring (bicyclic) bond motifs is 2. The Morgan fingerprint density at radius 1 is 0.982 bits per heavy atom. The smallest absolute Gasteiger partial charge is 0.410 e. The molecule has 1 heterocycles. The minimum Gasteiger partial charge on any atom is -0.490 e. The standard InChI is InChI=1S/C43H58N2O10/c1-4-23-52-33-17-18-38-36(28-33)40-34(16-10-12-21-47)32(15-9-11-20-46)27-35-37(44-54-30-31-13-7-6-8-14-31)29-39(43(55-38,41(35)40)53-24-5-2)45(42(49)50-3)19-25-51-26-22-48/h4-8,13-14,17-18,27-28,32,34,39-41,46-48H,1-2,9-12,15-16,19-26,29-30H2,3H3. The van der Waals surface area contributed by atoms with E-state index in [4.69, 9.17) is 33.7 Å². The van der Waals surface area contributed by atoms with Gasteiger partial charge in [0.05, 0.1) is 45.2 Å². The molecule has 5 rings (SSSR count). The number of rotatable bonds is 23. The number of oxime groups is 1. The molecule has 1 fully saturated rings. The quantitative estimate of drug-likeness (QED) is 0.0683. The van der Waals surface area contributed by atoms with Crippen LogP contribution in [0.1, 0.15) is 62.0 Å². The maximum absolute atomic E-state index is 13.9. The fourth-order valence-electron chi connectivity index (χ4n) is 8.47. The molecule has 6 unspecified atom stereocenters. The first-order valence-electron chi connectivity index (χ1n) is 19.5. The normalized spacial score (nSPS) is 24.5. The van der Waals surface area contributed by atoms with Crippen molar-refractivity contribution in [2.75, 3.05) is 59.9 Å². The van der Waals surface area contributed by atoms with Gasteiger partial charge in [0.1, 0.15) is 30.8 Å². The van der Waals surface area contributed by atoms with E-state index < -0.39 is 23.8 Å². The molecule has 2 aromatic carbocycles. The van der Waals surface area contributed by atoms with Crippen LogP contribution in [0.4, 0.5) is 4.79 Å². The number of amides is 1. The number of ether oxygens (including phenoxy) is 5. The molecule has 2 aliphatic carbocycles. The molecule has 3 aliphatic rings. The predicted molar refractivity (Wildman–Crippen MR) is 209 cm³/mol. The number of carbonyl (C=O) groups excluding carboxylic acids is 1. The summed E-state index contributed by atoms with van der Waals surface area (Å²) in [7, 11) is 1.34. The highest BCUT2D eigenvalue weighted by molar-refractivity contribution is 6.03. The molecular formula is C43H58N2O10. The molecule has 12 nitrogen and oxygen atoms in total. The lowest BCUT2D eigenvalue weighted by atomic mass is 9.55. The Morgan fingerprint density at radius 3 is 2.45 bits per heavy atom. The average molecular weight is 763 g/mol. The zero-order chi connectivity index (χ0) is 39.0. The van der Waals surface area contributed by atoms with Crippen molar-refractivity contribution in [1.29, 1.82) is 0 Å². The summed E-state index contributed by atoms with van der Waals surface area (Å²) in [6, 6.07) is 14.9. The van der Waals surface area contributed by atoms with Gasteiger partial charge in [-0.1, -0.05) is 73.1 Å². The Labute approximate surface area is 325 Å². The second-order valence-corrected chi connectivity index (χ2v) is 14.1. The van der Waals surface area contributed by atoms with E-state index in [2.05, 4.69) is 19.2 Å². The van der Waals surface area contributed by atoms with E-state index in [-0.39, 0.29) is 77.0 Å². The maximum atomic E-state index is 13.9. The molecule has 0 saturated heterocycles. The third kappa shape index (κ3) is 9.98. The summed E-state index contributed by atoms with van der Waals surface area (Å²) in [6.07, 6.45) is 9.90. The Morgan fingerprint density at radius 2 is 1.75 bits per heavy atom. The fourth-order valence-corrected chi connectivity index (χ4v) is 8.47. The Kier molecular flexibility index (Phi) is 16.2. The highest BCUT2D eigenvalue weighted by atomic mass is 16.7. The molecule has 0 bridgehead atoms.